The minimum Gasteiger partial charge on any atom is -0.508 e. The second kappa shape index (κ2) is 6.37. The lowest BCUT2D eigenvalue weighted by Crippen LogP contribution is -2.26. The van der Waals surface area contributed by atoms with E-state index in [0.717, 1.165) is 5.56 Å². The van der Waals surface area contributed by atoms with Crippen LogP contribution in [0.2, 0.25) is 0 Å². The second-order valence-corrected chi connectivity index (χ2v) is 7.22. The summed E-state index contributed by atoms with van der Waals surface area (Å²) < 4.78 is 27.7. The number of anilines is 2. The number of phenolic OH excluding ortho intramolecular Hbond substituents is 1. The van der Waals surface area contributed by atoms with E-state index >= 15 is 0 Å². The predicted molar refractivity (Wildman–Crippen MR) is 95.1 cm³/mol. The molecule has 0 bridgehead atoms. The molecule has 3 aromatic rings. The van der Waals surface area contributed by atoms with Crippen LogP contribution in [0.3, 0.4) is 0 Å². The molecular formula is C19H17NO3S. The first-order valence-corrected chi connectivity index (χ1v) is 8.88. The van der Waals surface area contributed by atoms with E-state index in [1.807, 2.05) is 13.0 Å². The normalized spacial score (nSPS) is 11.2. The molecule has 0 amide bonds. The Morgan fingerprint density at radius 3 is 1.88 bits per heavy atom. The Labute approximate surface area is 141 Å². The summed E-state index contributed by atoms with van der Waals surface area (Å²) in [4.78, 5) is 0.213. The maximum absolute atomic E-state index is 13.2. The van der Waals surface area contributed by atoms with Crippen molar-refractivity contribution >= 4 is 21.4 Å². The van der Waals surface area contributed by atoms with Gasteiger partial charge in [-0.1, -0.05) is 35.9 Å². The number of hydrogen-bond acceptors (Lipinski definition) is 3. The van der Waals surface area contributed by atoms with Crippen molar-refractivity contribution in [3.63, 3.8) is 0 Å². The number of benzene rings is 3. The molecule has 0 saturated heterocycles. The fourth-order valence-corrected chi connectivity index (χ4v) is 3.88. The third-order valence-electron chi connectivity index (χ3n) is 3.63. The number of para-hydroxylation sites is 1. The van der Waals surface area contributed by atoms with Crippen molar-refractivity contribution in [1.82, 2.24) is 0 Å². The van der Waals surface area contributed by atoms with E-state index in [4.69, 9.17) is 0 Å². The van der Waals surface area contributed by atoms with Gasteiger partial charge in [0.25, 0.3) is 10.0 Å². The van der Waals surface area contributed by atoms with Gasteiger partial charge in [-0.05, 0) is 55.5 Å². The maximum atomic E-state index is 13.2. The van der Waals surface area contributed by atoms with Gasteiger partial charge in [0.2, 0.25) is 0 Å². The topological polar surface area (TPSA) is 57.6 Å². The lowest BCUT2D eigenvalue weighted by molar-refractivity contribution is 0.475. The Morgan fingerprint density at radius 1 is 0.750 bits per heavy atom. The van der Waals surface area contributed by atoms with Crippen LogP contribution in [0, 0.1) is 6.92 Å². The summed E-state index contributed by atoms with van der Waals surface area (Å²) in [7, 11) is -3.79. The molecule has 3 aromatic carbocycles. The standard InChI is InChI=1S/C19H17NO3S/c1-15-7-13-19(14-8-15)24(22,23)20(16-5-3-2-4-6-16)17-9-11-18(21)12-10-17/h2-14,21H,1H3. The number of aryl methyl sites for hydroxylation is 1. The van der Waals surface area contributed by atoms with Crippen LogP contribution >= 0.6 is 0 Å². The summed E-state index contributed by atoms with van der Waals surface area (Å²) in [5, 5.41) is 9.49. The van der Waals surface area contributed by atoms with E-state index in [1.165, 1.54) is 16.4 Å². The quantitative estimate of drug-likeness (QED) is 0.774. The average Bonchev–Trinajstić information content (AvgIpc) is 2.58. The van der Waals surface area contributed by atoms with Gasteiger partial charge in [-0.2, -0.15) is 0 Å². The monoisotopic (exact) mass is 339 g/mol. The minimum absolute atomic E-state index is 0.0829. The lowest BCUT2D eigenvalue weighted by atomic mass is 10.2. The number of nitrogens with zero attached hydrogens (tertiary/aromatic N) is 1. The van der Waals surface area contributed by atoms with Crippen molar-refractivity contribution < 1.29 is 13.5 Å². The fraction of sp³-hybridized carbons (Fsp3) is 0.0526. The average molecular weight is 339 g/mol. The SMILES string of the molecule is Cc1ccc(S(=O)(=O)N(c2ccccc2)c2ccc(O)cc2)cc1. The molecule has 1 N–H and O–H groups in total. The molecular weight excluding hydrogens is 322 g/mol. The van der Waals surface area contributed by atoms with Crippen LogP contribution in [0.25, 0.3) is 0 Å². The predicted octanol–water partition coefficient (Wildman–Crippen LogP) is 4.23. The number of phenols is 1. The summed E-state index contributed by atoms with van der Waals surface area (Å²) in [5.74, 6) is 0.0829. The first kappa shape index (κ1) is 16.1. The lowest BCUT2D eigenvalue weighted by Gasteiger charge is -2.24. The van der Waals surface area contributed by atoms with Crippen molar-refractivity contribution in [1.29, 1.82) is 0 Å². The number of aromatic hydroxyl groups is 1. The zero-order valence-electron chi connectivity index (χ0n) is 13.1. The molecule has 0 unspecified atom stereocenters. The van der Waals surface area contributed by atoms with Gasteiger partial charge < -0.3 is 5.11 Å². The summed E-state index contributed by atoms with van der Waals surface area (Å²) in [6.45, 7) is 1.91. The van der Waals surface area contributed by atoms with Crippen molar-refractivity contribution in [2.75, 3.05) is 4.31 Å². The third kappa shape index (κ3) is 3.12. The molecule has 0 radical (unpaired) electrons. The van der Waals surface area contributed by atoms with Gasteiger partial charge in [0, 0.05) is 0 Å². The Morgan fingerprint density at radius 2 is 1.29 bits per heavy atom. The Bertz CT molecular complexity index is 919. The van der Waals surface area contributed by atoms with E-state index in [0.29, 0.717) is 11.4 Å². The third-order valence-corrected chi connectivity index (χ3v) is 5.40. The van der Waals surface area contributed by atoms with E-state index < -0.39 is 10.0 Å². The van der Waals surface area contributed by atoms with Crippen LogP contribution in [-0.2, 0) is 10.0 Å². The molecule has 0 saturated carbocycles. The number of hydrogen-bond donors (Lipinski definition) is 1. The van der Waals surface area contributed by atoms with Crippen LogP contribution in [0.4, 0.5) is 11.4 Å². The van der Waals surface area contributed by atoms with Gasteiger partial charge >= 0.3 is 0 Å². The molecule has 0 aliphatic carbocycles. The molecule has 5 heteroatoms. The zero-order chi connectivity index (χ0) is 17.2. The molecule has 0 spiro atoms. The highest BCUT2D eigenvalue weighted by atomic mass is 32.2. The summed E-state index contributed by atoms with van der Waals surface area (Å²) in [5.41, 5.74) is 1.98. The van der Waals surface area contributed by atoms with Crippen molar-refractivity contribution in [3.8, 4) is 5.75 Å². The fourth-order valence-electron chi connectivity index (χ4n) is 2.39. The van der Waals surface area contributed by atoms with Gasteiger partial charge in [-0.15, -0.1) is 0 Å². The summed E-state index contributed by atoms with van der Waals surface area (Å²) >= 11 is 0. The van der Waals surface area contributed by atoms with E-state index in [9.17, 15) is 13.5 Å². The van der Waals surface area contributed by atoms with Crippen molar-refractivity contribution in [2.45, 2.75) is 11.8 Å². The molecule has 122 valence electrons. The molecule has 4 nitrogen and oxygen atoms in total. The Balaban J connectivity index is 2.17. The highest BCUT2D eigenvalue weighted by Gasteiger charge is 2.26. The highest BCUT2D eigenvalue weighted by molar-refractivity contribution is 7.93. The van der Waals surface area contributed by atoms with Crippen molar-refractivity contribution in [2.24, 2.45) is 0 Å². The molecule has 0 aliphatic rings. The molecule has 0 atom stereocenters. The first-order chi connectivity index (χ1) is 11.5. The smallest absolute Gasteiger partial charge is 0.268 e. The van der Waals surface area contributed by atoms with Gasteiger partial charge in [-0.25, -0.2) is 12.7 Å². The van der Waals surface area contributed by atoms with Crippen LogP contribution < -0.4 is 4.31 Å². The van der Waals surface area contributed by atoms with Gasteiger partial charge in [0.1, 0.15) is 5.75 Å². The second-order valence-electron chi connectivity index (χ2n) is 5.43. The molecule has 0 heterocycles. The minimum atomic E-state index is -3.79. The van der Waals surface area contributed by atoms with E-state index in [2.05, 4.69) is 0 Å². The van der Waals surface area contributed by atoms with E-state index in [1.54, 1.807) is 60.7 Å². The van der Waals surface area contributed by atoms with Gasteiger partial charge in [0.05, 0.1) is 16.3 Å². The highest BCUT2D eigenvalue weighted by Crippen LogP contribution is 2.33. The molecule has 24 heavy (non-hydrogen) atoms. The zero-order valence-corrected chi connectivity index (χ0v) is 13.9. The Kier molecular flexibility index (Phi) is 4.27. The molecule has 0 fully saturated rings. The first-order valence-electron chi connectivity index (χ1n) is 7.44. The summed E-state index contributed by atoms with van der Waals surface area (Å²) in [6, 6.07) is 21.7. The van der Waals surface area contributed by atoms with Crippen LogP contribution in [0.1, 0.15) is 5.56 Å². The Hall–Kier alpha value is -2.79. The van der Waals surface area contributed by atoms with Gasteiger partial charge in [-0.3, -0.25) is 0 Å². The number of rotatable bonds is 4. The largest absolute Gasteiger partial charge is 0.508 e. The van der Waals surface area contributed by atoms with Crippen LogP contribution in [0.5, 0.6) is 5.75 Å². The molecule has 0 aromatic heterocycles. The van der Waals surface area contributed by atoms with Crippen LogP contribution in [-0.4, -0.2) is 13.5 Å². The number of sulfonamides is 1. The van der Waals surface area contributed by atoms with Gasteiger partial charge in [0.15, 0.2) is 0 Å². The van der Waals surface area contributed by atoms with Crippen LogP contribution in [0.15, 0.2) is 83.8 Å². The molecule has 0 aliphatic heterocycles. The van der Waals surface area contributed by atoms with E-state index in [-0.39, 0.29) is 10.6 Å². The maximum Gasteiger partial charge on any atom is 0.268 e. The van der Waals surface area contributed by atoms with Crippen molar-refractivity contribution in [3.05, 3.63) is 84.4 Å². The summed E-state index contributed by atoms with van der Waals surface area (Å²) in [6.07, 6.45) is 0. The molecule has 3 rings (SSSR count).